The summed E-state index contributed by atoms with van der Waals surface area (Å²) in [5.41, 5.74) is 1.95. The van der Waals surface area contributed by atoms with Gasteiger partial charge in [0.15, 0.2) is 0 Å². The maximum Gasteiger partial charge on any atom is 0.0779 e. The SMILES string of the molecule is CC(O)c1ccc(N2CCOC3CCCCC32)cc1Cl. The van der Waals surface area contributed by atoms with Gasteiger partial charge in [0.25, 0.3) is 0 Å². The first-order valence-electron chi connectivity index (χ1n) is 7.52. The number of fused-ring (bicyclic) bond motifs is 1. The highest BCUT2D eigenvalue weighted by Crippen LogP contribution is 2.34. The minimum atomic E-state index is -0.524. The summed E-state index contributed by atoms with van der Waals surface area (Å²) < 4.78 is 5.91. The van der Waals surface area contributed by atoms with Crippen molar-refractivity contribution in [1.82, 2.24) is 0 Å². The van der Waals surface area contributed by atoms with Gasteiger partial charge in [-0.2, -0.15) is 0 Å². The normalized spacial score (nSPS) is 28.1. The van der Waals surface area contributed by atoms with Crippen LogP contribution in [0.5, 0.6) is 0 Å². The fraction of sp³-hybridized carbons (Fsp3) is 0.625. The first-order valence-corrected chi connectivity index (χ1v) is 7.90. The molecule has 1 saturated heterocycles. The van der Waals surface area contributed by atoms with E-state index in [1.807, 2.05) is 12.1 Å². The fourth-order valence-electron chi connectivity index (χ4n) is 3.45. The first-order chi connectivity index (χ1) is 9.66. The van der Waals surface area contributed by atoms with Gasteiger partial charge in [0.2, 0.25) is 0 Å². The molecule has 3 atom stereocenters. The summed E-state index contributed by atoms with van der Waals surface area (Å²) in [5, 5.41) is 10.3. The summed E-state index contributed by atoms with van der Waals surface area (Å²) in [7, 11) is 0. The van der Waals surface area contributed by atoms with E-state index in [-0.39, 0.29) is 0 Å². The zero-order valence-electron chi connectivity index (χ0n) is 11.9. The number of anilines is 1. The number of rotatable bonds is 2. The molecule has 0 spiro atoms. The molecule has 3 nitrogen and oxygen atoms in total. The van der Waals surface area contributed by atoms with Gasteiger partial charge in [0, 0.05) is 17.3 Å². The largest absolute Gasteiger partial charge is 0.389 e. The quantitative estimate of drug-likeness (QED) is 0.906. The van der Waals surface area contributed by atoms with E-state index in [0.717, 1.165) is 24.4 Å². The van der Waals surface area contributed by atoms with Crippen molar-refractivity contribution in [2.45, 2.75) is 50.9 Å². The average molecular weight is 296 g/mol. The Kier molecular flexibility index (Phi) is 4.20. The second kappa shape index (κ2) is 5.92. The average Bonchev–Trinajstić information content (AvgIpc) is 2.46. The Balaban J connectivity index is 1.85. The number of aliphatic hydroxyl groups excluding tert-OH is 1. The number of aliphatic hydroxyl groups is 1. The van der Waals surface area contributed by atoms with Crippen molar-refractivity contribution >= 4 is 17.3 Å². The first kappa shape index (κ1) is 14.2. The summed E-state index contributed by atoms with van der Waals surface area (Å²) >= 11 is 6.30. The molecule has 1 aliphatic carbocycles. The lowest BCUT2D eigenvalue weighted by Crippen LogP contribution is -2.52. The van der Waals surface area contributed by atoms with Gasteiger partial charge in [-0.25, -0.2) is 0 Å². The zero-order chi connectivity index (χ0) is 14.1. The molecule has 2 fully saturated rings. The van der Waals surface area contributed by atoms with Crippen LogP contribution >= 0.6 is 11.6 Å². The van der Waals surface area contributed by atoms with Crippen molar-refractivity contribution in [1.29, 1.82) is 0 Å². The van der Waals surface area contributed by atoms with Gasteiger partial charge in [-0.1, -0.05) is 30.5 Å². The van der Waals surface area contributed by atoms with Gasteiger partial charge >= 0.3 is 0 Å². The van der Waals surface area contributed by atoms with Crippen LogP contribution in [0.4, 0.5) is 5.69 Å². The number of hydrogen-bond acceptors (Lipinski definition) is 3. The van der Waals surface area contributed by atoms with Crippen molar-refractivity contribution in [2.24, 2.45) is 0 Å². The molecule has 4 heteroatoms. The molecule has 1 N–H and O–H groups in total. The highest BCUT2D eigenvalue weighted by Gasteiger charge is 2.34. The summed E-state index contributed by atoms with van der Waals surface area (Å²) in [6, 6.07) is 6.48. The van der Waals surface area contributed by atoms with E-state index in [2.05, 4.69) is 11.0 Å². The molecule has 3 unspecified atom stereocenters. The van der Waals surface area contributed by atoms with E-state index in [1.54, 1.807) is 6.92 Å². The number of ether oxygens (including phenoxy) is 1. The van der Waals surface area contributed by atoms with Crippen LogP contribution in [-0.2, 0) is 4.74 Å². The van der Waals surface area contributed by atoms with Crippen molar-refractivity contribution in [3.8, 4) is 0 Å². The van der Waals surface area contributed by atoms with Gasteiger partial charge in [-0.15, -0.1) is 0 Å². The number of halogens is 1. The molecular weight excluding hydrogens is 274 g/mol. The van der Waals surface area contributed by atoms with Crippen molar-refractivity contribution < 1.29 is 9.84 Å². The molecule has 0 bridgehead atoms. The minimum absolute atomic E-state index is 0.368. The molecule has 0 amide bonds. The molecule has 3 rings (SSSR count). The molecule has 1 aromatic carbocycles. The Morgan fingerprint density at radius 1 is 1.35 bits per heavy atom. The van der Waals surface area contributed by atoms with Crippen molar-refractivity contribution in [3.63, 3.8) is 0 Å². The van der Waals surface area contributed by atoms with E-state index in [4.69, 9.17) is 16.3 Å². The Bertz CT molecular complexity index is 476. The Morgan fingerprint density at radius 3 is 2.90 bits per heavy atom. The summed E-state index contributed by atoms with van der Waals surface area (Å²) in [6.07, 6.45) is 4.76. The lowest BCUT2D eigenvalue weighted by atomic mass is 9.89. The second-order valence-electron chi connectivity index (χ2n) is 5.84. The molecule has 110 valence electrons. The molecule has 1 heterocycles. The standard InChI is InChI=1S/C16H22ClNO2/c1-11(19)13-7-6-12(10-14(13)17)18-8-9-20-16-5-3-2-4-15(16)18/h6-7,10-11,15-16,19H,2-5,8-9H2,1H3. The van der Waals surface area contributed by atoms with Crippen LogP contribution in [0.25, 0.3) is 0 Å². The molecule has 20 heavy (non-hydrogen) atoms. The van der Waals surface area contributed by atoms with E-state index in [0.29, 0.717) is 17.2 Å². The maximum absolute atomic E-state index is 9.68. The lowest BCUT2D eigenvalue weighted by Gasteiger charge is -2.45. The van der Waals surface area contributed by atoms with Crippen LogP contribution in [-0.4, -0.2) is 30.4 Å². The molecule has 2 aliphatic rings. The van der Waals surface area contributed by atoms with Crippen LogP contribution in [0.1, 0.15) is 44.3 Å². The topological polar surface area (TPSA) is 32.7 Å². The van der Waals surface area contributed by atoms with Crippen molar-refractivity contribution in [2.75, 3.05) is 18.1 Å². The van der Waals surface area contributed by atoms with E-state index in [1.165, 1.54) is 25.7 Å². The van der Waals surface area contributed by atoms with Gasteiger partial charge in [-0.3, -0.25) is 0 Å². The third-order valence-electron chi connectivity index (χ3n) is 4.50. The summed E-state index contributed by atoms with van der Waals surface area (Å²) in [6.45, 7) is 3.45. The minimum Gasteiger partial charge on any atom is -0.389 e. The van der Waals surface area contributed by atoms with Crippen LogP contribution < -0.4 is 4.90 Å². The van der Waals surface area contributed by atoms with E-state index in [9.17, 15) is 5.11 Å². The van der Waals surface area contributed by atoms with E-state index >= 15 is 0 Å². The van der Waals surface area contributed by atoms with Gasteiger partial charge in [0.05, 0.1) is 24.9 Å². The lowest BCUT2D eigenvalue weighted by molar-refractivity contribution is -0.00868. The summed E-state index contributed by atoms with van der Waals surface area (Å²) in [5.74, 6) is 0. The van der Waals surface area contributed by atoms with Crippen molar-refractivity contribution in [3.05, 3.63) is 28.8 Å². The van der Waals surface area contributed by atoms with Gasteiger partial charge in [0.1, 0.15) is 0 Å². The predicted octanol–water partition coefficient (Wildman–Crippen LogP) is 3.54. The number of morpholine rings is 1. The third-order valence-corrected chi connectivity index (χ3v) is 4.83. The Morgan fingerprint density at radius 2 is 2.15 bits per heavy atom. The third kappa shape index (κ3) is 2.67. The molecule has 1 saturated carbocycles. The zero-order valence-corrected chi connectivity index (χ0v) is 12.6. The monoisotopic (exact) mass is 295 g/mol. The van der Waals surface area contributed by atoms with Crippen LogP contribution in [0, 0.1) is 0 Å². The number of benzene rings is 1. The highest BCUT2D eigenvalue weighted by molar-refractivity contribution is 6.31. The number of hydrogen-bond donors (Lipinski definition) is 1. The Hall–Kier alpha value is -0.770. The smallest absolute Gasteiger partial charge is 0.0779 e. The fourth-order valence-corrected chi connectivity index (χ4v) is 3.78. The summed E-state index contributed by atoms with van der Waals surface area (Å²) in [4.78, 5) is 2.44. The molecule has 1 aromatic rings. The van der Waals surface area contributed by atoms with Crippen LogP contribution in [0.3, 0.4) is 0 Å². The van der Waals surface area contributed by atoms with Gasteiger partial charge in [-0.05, 0) is 37.5 Å². The van der Waals surface area contributed by atoms with Crippen LogP contribution in [0.15, 0.2) is 18.2 Å². The van der Waals surface area contributed by atoms with E-state index < -0.39 is 6.10 Å². The molecule has 1 aliphatic heterocycles. The molecular formula is C16H22ClNO2. The molecule has 0 aromatic heterocycles. The highest BCUT2D eigenvalue weighted by atomic mass is 35.5. The number of nitrogens with zero attached hydrogens (tertiary/aromatic N) is 1. The predicted molar refractivity (Wildman–Crippen MR) is 81.4 cm³/mol. The Labute approximate surface area is 125 Å². The molecule has 0 radical (unpaired) electrons. The van der Waals surface area contributed by atoms with Crippen LogP contribution in [0.2, 0.25) is 5.02 Å². The van der Waals surface area contributed by atoms with Gasteiger partial charge < -0.3 is 14.7 Å². The maximum atomic E-state index is 9.68. The second-order valence-corrected chi connectivity index (χ2v) is 6.24.